The third kappa shape index (κ3) is 6.52. The van der Waals surface area contributed by atoms with E-state index >= 15 is 0 Å². The fourth-order valence-corrected chi connectivity index (χ4v) is 3.58. The Labute approximate surface area is 189 Å². The third-order valence-electron chi connectivity index (χ3n) is 4.22. The number of carbonyl (C=O) groups is 2. The zero-order chi connectivity index (χ0) is 22.2. The minimum atomic E-state index is -0.426. The minimum Gasteiger partial charge on any atom is -0.482 e. The zero-order valence-electron chi connectivity index (χ0n) is 17.1. The average Bonchev–Trinajstić information content (AvgIpc) is 2.75. The molecule has 3 aromatic carbocycles. The second kappa shape index (κ2) is 10.5. The van der Waals surface area contributed by atoms with Crippen LogP contribution in [0, 0.1) is 13.8 Å². The summed E-state index contributed by atoms with van der Waals surface area (Å²) >= 11 is 3.45. The van der Waals surface area contributed by atoms with E-state index in [9.17, 15) is 9.59 Å². The van der Waals surface area contributed by atoms with Gasteiger partial charge in [0.1, 0.15) is 11.5 Å². The lowest BCUT2D eigenvalue weighted by atomic mass is 10.1. The van der Waals surface area contributed by atoms with Crippen LogP contribution in [0.15, 0.2) is 76.3 Å². The van der Waals surface area contributed by atoms with Gasteiger partial charge in [0.15, 0.2) is 6.61 Å². The van der Waals surface area contributed by atoms with Crippen LogP contribution >= 0.6 is 15.9 Å². The molecular weight excluding hydrogens is 460 g/mol. The lowest BCUT2D eigenvalue weighted by molar-refractivity contribution is -0.123. The van der Waals surface area contributed by atoms with Crippen LogP contribution < -0.4 is 14.9 Å². The molecule has 0 radical (unpaired) electrons. The van der Waals surface area contributed by atoms with E-state index in [2.05, 4.69) is 26.5 Å². The highest BCUT2D eigenvalue weighted by Gasteiger charge is 2.09. The Morgan fingerprint density at radius 3 is 2.42 bits per heavy atom. The van der Waals surface area contributed by atoms with Crippen LogP contribution in [0.2, 0.25) is 0 Å². The molecule has 31 heavy (non-hydrogen) atoms. The van der Waals surface area contributed by atoms with Crippen molar-refractivity contribution in [1.82, 2.24) is 5.43 Å². The molecule has 0 aliphatic heterocycles. The van der Waals surface area contributed by atoms with Gasteiger partial charge in [0.05, 0.1) is 16.3 Å². The molecule has 3 rings (SSSR count). The van der Waals surface area contributed by atoms with Crippen molar-refractivity contribution >= 4 is 34.0 Å². The SMILES string of the molecule is Cc1cc(C)c(OCC(=O)N/N=C\c2ccc(OC(=O)c3ccccc3)cc2)c(Br)c1. The number of esters is 1. The molecule has 0 atom stereocenters. The second-order valence-electron chi connectivity index (χ2n) is 6.80. The van der Waals surface area contributed by atoms with Crippen LogP contribution in [-0.2, 0) is 4.79 Å². The molecule has 0 aromatic heterocycles. The van der Waals surface area contributed by atoms with Crippen molar-refractivity contribution in [3.63, 3.8) is 0 Å². The second-order valence-corrected chi connectivity index (χ2v) is 7.65. The number of hydrogen-bond acceptors (Lipinski definition) is 5. The van der Waals surface area contributed by atoms with Gasteiger partial charge < -0.3 is 9.47 Å². The van der Waals surface area contributed by atoms with Gasteiger partial charge in [0.2, 0.25) is 0 Å². The van der Waals surface area contributed by atoms with E-state index in [1.807, 2.05) is 32.0 Å². The Morgan fingerprint density at radius 1 is 1.03 bits per heavy atom. The maximum atomic E-state index is 12.1. The van der Waals surface area contributed by atoms with Crippen molar-refractivity contribution < 1.29 is 19.1 Å². The first-order valence-electron chi connectivity index (χ1n) is 9.51. The molecule has 0 saturated heterocycles. The molecule has 3 aromatic rings. The Morgan fingerprint density at radius 2 is 1.74 bits per heavy atom. The molecule has 1 amide bonds. The highest BCUT2D eigenvalue weighted by Crippen LogP contribution is 2.30. The van der Waals surface area contributed by atoms with Crippen LogP contribution in [0.5, 0.6) is 11.5 Å². The number of carbonyl (C=O) groups excluding carboxylic acids is 2. The van der Waals surface area contributed by atoms with Gasteiger partial charge in [-0.25, -0.2) is 10.2 Å². The molecule has 0 aliphatic rings. The van der Waals surface area contributed by atoms with E-state index in [0.717, 1.165) is 21.2 Å². The van der Waals surface area contributed by atoms with Crippen molar-refractivity contribution in [2.24, 2.45) is 5.10 Å². The normalized spacial score (nSPS) is 10.7. The number of benzene rings is 3. The van der Waals surface area contributed by atoms with Crippen LogP contribution in [-0.4, -0.2) is 24.7 Å². The first kappa shape index (κ1) is 22.2. The molecule has 0 spiro atoms. The summed E-state index contributed by atoms with van der Waals surface area (Å²) in [4.78, 5) is 24.0. The number of ether oxygens (including phenoxy) is 2. The molecule has 6 nitrogen and oxygen atoms in total. The van der Waals surface area contributed by atoms with Crippen LogP contribution in [0.1, 0.15) is 27.0 Å². The van der Waals surface area contributed by atoms with E-state index in [4.69, 9.17) is 9.47 Å². The Hall–Kier alpha value is -3.45. The number of hydrazone groups is 1. The Bertz CT molecular complexity index is 1070. The predicted octanol–water partition coefficient (Wildman–Crippen LogP) is 4.81. The van der Waals surface area contributed by atoms with Crippen LogP contribution in [0.3, 0.4) is 0 Å². The van der Waals surface area contributed by atoms with E-state index in [1.54, 1.807) is 48.5 Å². The van der Waals surface area contributed by atoms with E-state index < -0.39 is 5.97 Å². The summed E-state index contributed by atoms with van der Waals surface area (Å²) in [6, 6.07) is 19.4. The summed E-state index contributed by atoms with van der Waals surface area (Å²) < 4.78 is 11.7. The summed E-state index contributed by atoms with van der Waals surface area (Å²) in [5.41, 5.74) is 5.68. The van der Waals surface area contributed by atoms with Crippen LogP contribution in [0.4, 0.5) is 0 Å². The highest BCUT2D eigenvalue weighted by molar-refractivity contribution is 9.10. The number of aryl methyl sites for hydroxylation is 2. The predicted molar refractivity (Wildman–Crippen MR) is 123 cm³/mol. The molecule has 1 N–H and O–H groups in total. The smallest absolute Gasteiger partial charge is 0.343 e. The molecule has 0 saturated carbocycles. The maximum absolute atomic E-state index is 12.1. The van der Waals surface area contributed by atoms with Gasteiger partial charge in [0, 0.05) is 0 Å². The molecule has 0 heterocycles. The van der Waals surface area contributed by atoms with Gasteiger partial charge in [-0.2, -0.15) is 5.10 Å². The van der Waals surface area contributed by atoms with Crippen molar-refractivity contribution in [3.05, 3.63) is 93.5 Å². The van der Waals surface area contributed by atoms with Crippen molar-refractivity contribution in [3.8, 4) is 11.5 Å². The molecule has 158 valence electrons. The van der Waals surface area contributed by atoms with Crippen molar-refractivity contribution in [2.75, 3.05) is 6.61 Å². The lowest BCUT2D eigenvalue weighted by Crippen LogP contribution is -2.24. The van der Waals surface area contributed by atoms with E-state index in [-0.39, 0.29) is 12.5 Å². The molecule has 0 unspecified atom stereocenters. The Balaban J connectivity index is 1.48. The monoisotopic (exact) mass is 480 g/mol. The summed E-state index contributed by atoms with van der Waals surface area (Å²) in [7, 11) is 0. The summed E-state index contributed by atoms with van der Waals surface area (Å²) in [5, 5.41) is 3.93. The van der Waals surface area contributed by atoms with Crippen molar-refractivity contribution in [1.29, 1.82) is 0 Å². The minimum absolute atomic E-state index is 0.159. The quantitative estimate of drug-likeness (QED) is 0.227. The third-order valence-corrected chi connectivity index (χ3v) is 4.81. The van der Waals surface area contributed by atoms with Gasteiger partial charge in [-0.1, -0.05) is 24.3 Å². The maximum Gasteiger partial charge on any atom is 0.343 e. The topological polar surface area (TPSA) is 77.0 Å². The fourth-order valence-electron chi connectivity index (χ4n) is 2.80. The van der Waals surface area contributed by atoms with Gasteiger partial charge in [-0.3, -0.25) is 4.79 Å². The number of hydrogen-bond donors (Lipinski definition) is 1. The number of amides is 1. The summed E-state index contributed by atoms with van der Waals surface area (Å²) in [6.45, 7) is 3.75. The first-order chi connectivity index (χ1) is 14.9. The Kier molecular flexibility index (Phi) is 7.56. The molecule has 0 fully saturated rings. The largest absolute Gasteiger partial charge is 0.482 e. The van der Waals surface area contributed by atoms with Gasteiger partial charge in [-0.15, -0.1) is 0 Å². The van der Waals surface area contributed by atoms with Gasteiger partial charge in [0.25, 0.3) is 5.91 Å². The van der Waals surface area contributed by atoms with E-state index in [1.165, 1.54) is 6.21 Å². The average molecular weight is 481 g/mol. The summed E-state index contributed by atoms with van der Waals surface area (Å²) in [6.07, 6.45) is 1.49. The van der Waals surface area contributed by atoms with Gasteiger partial charge >= 0.3 is 5.97 Å². The van der Waals surface area contributed by atoms with Crippen molar-refractivity contribution in [2.45, 2.75) is 13.8 Å². The fraction of sp³-hybridized carbons (Fsp3) is 0.125. The standard InChI is InChI=1S/C24H21BrN2O4/c1-16-12-17(2)23(21(25)13-16)30-15-22(28)27-26-14-18-8-10-20(11-9-18)31-24(29)19-6-4-3-5-7-19/h3-14H,15H2,1-2H3,(H,27,28)/b26-14-. The molecule has 7 heteroatoms. The number of rotatable bonds is 7. The molecular formula is C24H21BrN2O4. The number of nitrogens with zero attached hydrogens (tertiary/aromatic N) is 1. The summed E-state index contributed by atoms with van der Waals surface area (Å²) in [5.74, 6) is 0.245. The highest BCUT2D eigenvalue weighted by atomic mass is 79.9. The zero-order valence-corrected chi connectivity index (χ0v) is 18.7. The number of nitrogens with one attached hydrogen (secondary N) is 1. The van der Waals surface area contributed by atoms with Crippen LogP contribution in [0.25, 0.3) is 0 Å². The molecule has 0 bridgehead atoms. The first-order valence-corrected chi connectivity index (χ1v) is 10.3. The number of halogens is 1. The van der Waals surface area contributed by atoms with E-state index in [0.29, 0.717) is 17.1 Å². The lowest BCUT2D eigenvalue weighted by Gasteiger charge is -2.11. The van der Waals surface area contributed by atoms with Gasteiger partial charge in [-0.05, 0) is 88.9 Å². The molecule has 0 aliphatic carbocycles.